The maximum Gasteiger partial charge on any atom is 0.264 e. The number of nitrogens with one attached hydrogen (secondary N) is 1. The average molecular weight is 473 g/mol. The second-order valence-electron chi connectivity index (χ2n) is 6.19. The molecule has 0 saturated carbocycles. The second-order valence-corrected chi connectivity index (χ2v) is 8.55. The van der Waals surface area contributed by atoms with Crippen LogP contribution in [0.2, 0.25) is 5.02 Å². The molecule has 1 aliphatic rings. The Bertz CT molecular complexity index is 1120. The smallest absolute Gasteiger partial charge is 0.264 e. The Morgan fingerprint density at radius 2 is 1.96 bits per heavy atom. The minimum absolute atomic E-state index is 0.157. The van der Waals surface area contributed by atoms with Crippen molar-refractivity contribution >= 4 is 62.1 Å². The van der Waals surface area contributed by atoms with Crippen molar-refractivity contribution in [2.24, 2.45) is 4.99 Å². The first-order chi connectivity index (χ1) is 13.5. The predicted octanol–water partition coefficient (Wildman–Crippen LogP) is 6.09. The highest BCUT2D eigenvalue weighted by Crippen LogP contribution is 2.29. The molecule has 0 atom stereocenters. The SMILES string of the molecule is Cc1ccc(-n2cccc2/C=C2\SC(=Nc3ccc(Br)cc3)NC2=O)cc1Cl. The van der Waals surface area contributed by atoms with Crippen molar-refractivity contribution in [2.75, 3.05) is 0 Å². The van der Waals surface area contributed by atoms with Gasteiger partial charge < -0.3 is 9.88 Å². The maximum absolute atomic E-state index is 12.4. The molecular weight excluding hydrogens is 458 g/mol. The summed E-state index contributed by atoms with van der Waals surface area (Å²) in [5.74, 6) is -0.157. The van der Waals surface area contributed by atoms with E-state index in [1.54, 1.807) is 0 Å². The molecule has 1 aromatic heterocycles. The zero-order valence-corrected chi connectivity index (χ0v) is 18.0. The number of benzene rings is 2. The van der Waals surface area contributed by atoms with Gasteiger partial charge in [0.25, 0.3) is 5.91 Å². The van der Waals surface area contributed by atoms with Crippen LogP contribution in [0, 0.1) is 6.92 Å². The molecule has 0 spiro atoms. The normalized spacial score (nSPS) is 16.8. The number of carbonyl (C=O) groups is 1. The van der Waals surface area contributed by atoms with Gasteiger partial charge in [-0.2, -0.15) is 0 Å². The van der Waals surface area contributed by atoms with Crippen LogP contribution in [0.25, 0.3) is 11.8 Å². The van der Waals surface area contributed by atoms with Gasteiger partial charge in [0.05, 0.1) is 10.6 Å². The molecule has 0 radical (unpaired) electrons. The van der Waals surface area contributed by atoms with Gasteiger partial charge in [-0.05, 0) is 78.9 Å². The fourth-order valence-corrected chi connectivity index (χ4v) is 3.99. The zero-order chi connectivity index (χ0) is 19.7. The van der Waals surface area contributed by atoms with Gasteiger partial charge in [-0.3, -0.25) is 4.79 Å². The van der Waals surface area contributed by atoms with Gasteiger partial charge in [-0.25, -0.2) is 4.99 Å². The van der Waals surface area contributed by atoms with Gasteiger partial charge in [-0.1, -0.05) is 33.6 Å². The predicted molar refractivity (Wildman–Crippen MR) is 120 cm³/mol. The average Bonchev–Trinajstić information content (AvgIpc) is 3.26. The van der Waals surface area contributed by atoms with Crippen LogP contribution < -0.4 is 5.32 Å². The standard InChI is InChI=1S/C21H15BrClN3OS/c1-13-4-9-17(11-18(13)23)26-10-2-3-16(26)12-19-20(27)25-21(28-19)24-15-7-5-14(22)6-8-15/h2-12H,1H3,(H,24,25,27)/b19-12-. The molecule has 0 bridgehead atoms. The Morgan fingerprint density at radius 1 is 1.18 bits per heavy atom. The van der Waals surface area contributed by atoms with Crippen molar-refractivity contribution in [1.82, 2.24) is 9.88 Å². The molecule has 1 N–H and O–H groups in total. The first kappa shape index (κ1) is 19.1. The molecule has 0 unspecified atom stereocenters. The monoisotopic (exact) mass is 471 g/mol. The molecule has 140 valence electrons. The lowest BCUT2D eigenvalue weighted by molar-refractivity contribution is -0.115. The van der Waals surface area contributed by atoms with E-state index in [4.69, 9.17) is 11.6 Å². The highest BCUT2D eigenvalue weighted by molar-refractivity contribution is 9.10. The molecule has 3 aromatic rings. The van der Waals surface area contributed by atoms with Crippen molar-refractivity contribution in [3.63, 3.8) is 0 Å². The highest BCUT2D eigenvalue weighted by atomic mass is 79.9. The third kappa shape index (κ3) is 4.09. The molecule has 1 aliphatic heterocycles. The molecule has 2 heterocycles. The van der Waals surface area contributed by atoms with Crippen molar-refractivity contribution in [3.05, 3.63) is 86.5 Å². The molecule has 7 heteroatoms. The molecular formula is C21H15BrClN3OS. The lowest BCUT2D eigenvalue weighted by Crippen LogP contribution is -2.19. The Labute approximate surface area is 180 Å². The number of thioether (sulfide) groups is 1. The van der Waals surface area contributed by atoms with Crippen LogP contribution in [0.1, 0.15) is 11.3 Å². The molecule has 4 rings (SSSR count). The maximum atomic E-state index is 12.4. The quantitative estimate of drug-likeness (QED) is 0.469. The van der Waals surface area contributed by atoms with Crippen LogP contribution in [0.4, 0.5) is 5.69 Å². The summed E-state index contributed by atoms with van der Waals surface area (Å²) < 4.78 is 2.98. The van der Waals surface area contributed by atoms with Crippen LogP contribution >= 0.6 is 39.3 Å². The van der Waals surface area contributed by atoms with E-state index >= 15 is 0 Å². The highest BCUT2D eigenvalue weighted by Gasteiger charge is 2.24. The van der Waals surface area contributed by atoms with E-state index in [2.05, 4.69) is 26.2 Å². The van der Waals surface area contributed by atoms with E-state index < -0.39 is 0 Å². The number of amides is 1. The summed E-state index contributed by atoms with van der Waals surface area (Å²) in [5, 5.41) is 4.09. The summed E-state index contributed by atoms with van der Waals surface area (Å²) in [5.41, 5.74) is 3.64. The van der Waals surface area contributed by atoms with Gasteiger partial charge in [0, 0.05) is 27.1 Å². The number of hydrogen-bond donors (Lipinski definition) is 1. The van der Waals surface area contributed by atoms with Crippen molar-refractivity contribution in [3.8, 4) is 5.69 Å². The van der Waals surface area contributed by atoms with E-state index in [0.29, 0.717) is 15.1 Å². The number of carbonyl (C=O) groups excluding carboxylic acids is 1. The van der Waals surface area contributed by atoms with Crippen LogP contribution in [-0.2, 0) is 4.79 Å². The summed E-state index contributed by atoms with van der Waals surface area (Å²) in [4.78, 5) is 17.5. The van der Waals surface area contributed by atoms with Crippen LogP contribution in [0.3, 0.4) is 0 Å². The molecule has 1 amide bonds. The number of hydrogen-bond acceptors (Lipinski definition) is 3. The number of rotatable bonds is 3. The second kappa shape index (κ2) is 7.99. The molecule has 1 saturated heterocycles. The van der Waals surface area contributed by atoms with Gasteiger partial charge in [0.15, 0.2) is 5.17 Å². The fourth-order valence-electron chi connectivity index (χ4n) is 2.73. The van der Waals surface area contributed by atoms with Crippen LogP contribution in [0.5, 0.6) is 0 Å². The number of halogens is 2. The summed E-state index contributed by atoms with van der Waals surface area (Å²) in [6.45, 7) is 1.97. The van der Waals surface area contributed by atoms with Gasteiger partial charge in [-0.15, -0.1) is 0 Å². The van der Waals surface area contributed by atoms with E-state index in [9.17, 15) is 4.79 Å². The Kier molecular flexibility index (Phi) is 5.44. The molecule has 28 heavy (non-hydrogen) atoms. The first-order valence-electron chi connectivity index (χ1n) is 8.49. The fraction of sp³-hybridized carbons (Fsp3) is 0.0476. The van der Waals surface area contributed by atoms with E-state index in [1.165, 1.54) is 11.8 Å². The number of aryl methyl sites for hydroxylation is 1. The zero-order valence-electron chi connectivity index (χ0n) is 14.8. The minimum Gasteiger partial charge on any atom is -0.317 e. The van der Waals surface area contributed by atoms with E-state index in [0.717, 1.165) is 27.1 Å². The first-order valence-corrected chi connectivity index (χ1v) is 10.5. The van der Waals surface area contributed by atoms with Crippen molar-refractivity contribution in [2.45, 2.75) is 6.92 Å². The summed E-state index contributed by atoms with van der Waals surface area (Å²) in [6, 6.07) is 17.4. The number of aliphatic imine (C=N–C) groups is 1. The van der Waals surface area contributed by atoms with Crippen LogP contribution in [0.15, 0.2) is 75.2 Å². The molecule has 1 fully saturated rings. The van der Waals surface area contributed by atoms with Gasteiger partial charge in [0.2, 0.25) is 0 Å². The Morgan fingerprint density at radius 3 is 2.71 bits per heavy atom. The molecule has 4 nitrogen and oxygen atoms in total. The third-order valence-electron chi connectivity index (χ3n) is 4.20. The lowest BCUT2D eigenvalue weighted by Gasteiger charge is -2.08. The summed E-state index contributed by atoms with van der Waals surface area (Å²) >= 11 is 11.0. The van der Waals surface area contributed by atoms with Gasteiger partial charge in [0.1, 0.15) is 0 Å². The molecule has 2 aromatic carbocycles. The summed E-state index contributed by atoms with van der Waals surface area (Å²) in [6.07, 6.45) is 3.81. The van der Waals surface area contributed by atoms with Crippen LogP contribution in [-0.4, -0.2) is 15.6 Å². The molecule has 0 aliphatic carbocycles. The Hall–Kier alpha value is -2.28. The van der Waals surface area contributed by atoms with E-state index in [1.807, 2.05) is 78.4 Å². The van der Waals surface area contributed by atoms with Crippen molar-refractivity contribution in [1.29, 1.82) is 0 Å². The third-order valence-corrected chi connectivity index (χ3v) is 6.05. The minimum atomic E-state index is -0.157. The van der Waals surface area contributed by atoms with Gasteiger partial charge >= 0.3 is 0 Å². The lowest BCUT2D eigenvalue weighted by atomic mass is 10.2. The van der Waals surface area contributed by atoms with E-state index in [-0.39, 0.29) is 5.91 Å². The number of amidine groups is 1. The summed E-state index contributed by atoms with van der Waals surface area (Å²) in [7, 11) is 0. The largest absolute Gasteiger partial charge is 0.317 e. The number of nitrogens with zero attached hydrogens (tertiary/aromatic N) is 2. The Balaban J connectivity index is 1.62. The number of aromatic nitrogens is 1. The van der Waals surface area contributed by atoms with Crippen molar-refractivity contribution < 1.29 is 4.79 Å². The topological polar surface area (TPSA) is 46.4 Å².